The Morgan fingerprint density at radius 1 is 0.975 bits per heavy atom. The number of hydrogen-bond donors (Lipinski definition) is 1. The van der Waals surface area contributed by atoms with Gasteiger partial charge in [0.05, 0.1) is 19.7 Å². The third-order valence-corrected chi connectivity index (χ3v) is 7.38. The van der Waals surface area contributed by atoms with E-state index in [-0.39, 0.29) is 17.4 Å². The zero-order valence-corrected chi connectivity index (χ0v) is 23.2. The molecular formula is C31H33FN6O2. The number of aromatic nitrogens is 5. The van der Waals surface area contributed by atoms with Crippen molar-refractivity contribution in [2.24, 2.45) is 0 Å². The van der Waals surface area contributed by atoms with Gasteiger partial charge in [0.1, 0.15) is 11.6 Å². The summed E-state index contributed by atoms with van der Waals surface area (Å²) < 4.78 is 20.6. The van der Waals surface area contributed by atoms with E-state index in [1.807, 2.05) is 43.3 Å². The second-order valence-corrected chi connectivity index (χ2v) is 10.1. The number of benzene rings is 3. The number of hydrogen-bond acceptors (Lipinski definition) is 6. The quantitative estimate of drug-likeness (QED) is 0.252. The monoisotopic (exact) mass is 540 g/mol. The van der Waals surface area contributed by atoms with Crippen LogP contribution in [0.2, 0.25) is 0 Å². The van der Waals surface area contributed by atoms with Crippen LogP contribution in [-0.4, -0.2) is 37.2 Å². The van der Waals surface area contributed by atoms with Crippen LogP contribution >= 0.6 is 0 Å². The molecule has 0 saturated carbocycles. The summed E-state index contributed by atoms with van der Waals surface area (Å²) in [5.41, 5.74) is 5.65. The van der Waals surface area contributed by atoms with Crippen molar-refractivity contribution in [2.45, 2.75) is 52.9 Å². The number of nitrogens with zero attached hydrogens (tertiary/aromatic N) is 5. The number of pyridine rings is 1. The van der Waals surface area contributed by atoms with Crippen LogP contribution < -0.4 is 10.3 Å². The normalized spacial score (nSPS) is 12.2. The second kappa shape index (κ2) is 11.8. The van der Waals surface area contributed by atoms with Gasteiger partial charge in [-0.05, 0) is 101 Å². The van der Waals surface area contributed by atoms with Crippen molar-refractivity contribution in [2.75, 3.05) is 7.11 Å². The summed E-state index contributed by atoms with van der Waals surface area (Å²) in [5, 5.41) is 13.6. The van der Waals surface area contributed by atoms with E-state index in [1.54, 1.807) is 23.9 Å². The van der Waals surface area contributed by atoms with Gasteiger partial charge in [-0.25, -0.2) is 9.07 Å². The van der Waals surface area contributed by atoms with Crippen LogP contribution in [0.15, 0.2) is 71.5 Å². The average molecular weight is 541 g/mol. The highest BCUT2D eigenvalue weighted by atomic mass is 19.1. The first-order valence-electron chi connectivity index (χ1n) is 13.3. The van der Waals surface area contributed by atoms with E-state index >= 15 is 0 Å². The SMILES string of the molecule is CC[C@H](c1nnnn1Cc1ccc(F)cc1)N(Cc1ccc(OC)cc1)Cc1cc2cc(C)c(C)cc2[nH]c1=O. The molecule has 3 aromatic carbocycles. The van der Waals surface area contributed by atoms with Gasteiger partial charge in [-0.2, -0.15) is 0 Å². The van der Waals surface area contributed by atoms with Crippen molar-refractivity contribution in [3.05, 3.63) is 117 Å². The topological polar surface area (TPSA) is 88.9 Å². The molecule has 0 fully saturated rings. The standard InChI is InChI=1S/C31H33FN6O2/c1-5-29(30-34-35-36-38(30)18-23-6-10-26(32)11-7-23)37(17-22-8-12-27(40-4)13-9-22)19-25-16-24-14-20(2)21(3)15-28(24)33-31(25)39/h6-16,29H,5,17-19H2,1-4H3,(H,33,39)/t29-/m1/s1. The third kappa shape index (κ3) is 5.94. The highest BCUT2D eigenvalue weighted by Gasteiger charge is 2.26. The summed E-state index contributed by atoms with van der Waals surface area (Å²) in [7, 11) is 1.64. The van der Waals surface area contributed by atoms with E-state index in [0.29, 0.717) is 37.4 Å². The Kier molecular flexibility index (Phi) is 8.02. The summed E-state index contributed by atoms with van der Waals surface area (Å²) in [5.74, 6) is 1.18. The smallest absolute Gasteiger partial charge is 0.252 e. The molecular weight excluding hydrogens is 507 g/mol. The third-order valence-electron chi connectivity index (χ3n) is 7.38. The molecule has 0 bridgehead atoms. The lowest BCUT2D eigenvalue weighted by Gasteiger charge is -2.30. The van der Waals surface area contributed by atoms with Gasteiger partial charge in [0.25, 0.3) is 5.56 Å². The van der Waals surface area contributed by atoms with Crippen molar-refractivity contribution in [1.29, 1.82) is 0 Å². The number of H-pyrrole nitrogens is 1. The zero-order chi connectivity index (χ0) is 28.2. The molecule has 0 aliphatic carbocycles. The maximum absolute atomic E-state index is 13.5. The van der Waals surface area contributed by atoms with Crippen molar-refractivity contribution in [3.63, 3.8) is 0 Å². The lowest BCUT2D eigenvalue weighted by atomic mass is 10.0. The second-order valence-electron chi connectivity index (χ2n) is 10.1. The molecule has 206 valence electrons. The fraction of sp³-hybridized carbons (Fsp3) is 0.290. The van der Waals surface area contributed by atoms with Crippen molar-refractivity contribution in [1.82, 2.24) is 30.1 Å². The first-order chi connectivity index (χ1) is 19.3. The summed E-state index contributed by atoms with van der Waals surface area (Å²) >= 11 is 0. The Morgan fingerprint density at radius 2 is 1.68 bits per heavy atom. The van der Waals surface area contributed by atoms with E-state index < -0.39 is 0 Å². The number of aryl methyl sites for hydroxylation is 2. The largest absolute Gasteiger partial charge is 0.497 e. The molecule has 0 radical (unpaired) electrons. The number of tetrazole rings is 1. The fourth-order valence-corrected chi connectivity index (χ4v) is 5.03. The molecule has 1 N–H and O–H groups in total. The van der Waals surface area contributed by atoms with Crippen molar-refractivity contribution < 1.29 is 9.13 Å². The zero-order valence-electron chi connectivity index (χ0n) is 23.2. The first kappa shape index (κ1) is 27.2. The molecule has 2 aromatic heterocycles. The number of halogens is 1. The van der Waals surface area contributed by atoms with Crippen LogP contribution in [0.1, 0.15) is 53.0 Å². The molecule has 0 saturated heterocycles. The highest BCUT2D eigenvalue weighted by molar-refractivity contribution is 5.80. The molecule has 40 heavy (non-hydrogen) atoms. The number of aromatic amines is 1. The van der Waals surface area contributed by atoms with E-state index in [1.165, 1.54) is 17.7 Å². The van der Waals surface area contributed by atoms with Gasteiger partial charge in [0, 0.05) is 24.2 Å². The van der Waals surface area contributed by atoms with Gasteiger partial charge in [-0.3, -0.25) is 9.69 Å². The predicted molar refractivity (Wildman–Crippen MR) is 153 cm³/mol. The van der Waals surface area contributed by atoms with Crippen molar-refractivity contribution >= 4 is 10.9 Å². The Bertz CT molecular complexity index is 1660. The van der Waals surface area contributed by atoms with Gasteiger partial charge in [-0.15, -0.1) is 5.10 Å². The number of methoxy groups -OCH3 is 1. The van der Waals surface area contributed by atoms with Gasteiger partial charge in [0.15, 0.2) is 5.82 Å². The van der Waals surface area contributed by atoms with Crippen LogP contribution in [-0.2, 0) is 19.6 Å². The number of nitrogens with one attached hydrogen (secondary N) is 1. The minimum Gasteiger partial charge on any atom is -0.497 e. The Labute approximate surface area is 232 Å². The van der Waals surface area contributed by atoms with E-state index in [2.05, 4.69) is 45.3 Å². The Balaban J connectivity index is 1.52. The van der Waals surface area contributed by atoms with Crippen LogP contribution in [0, 0.1) is 19.7 Å². The highest BCUT2D eigenvalue weighted by Crippen LogP contribution is 2.28. The van der Waals surface area contributed by atoms with Gasteiger partial charge >= 0.3 is 0 Å². The lowest BCUT2D eigenvalue weighted by Crippen LogP contribution is -2.32. The maximum atomic E-state index is 13.5. The summed E-state index contributed by atoms with van der Waals surface area (Å²) in [6, 6.07) is 20.2. The first-order valence-corrected chi connectivity index (χ1v) is 13.3. The number of rotatable bonds is 10. The molecule has 5 rings (SSSR count). The summed E-state index contributed by atoms with van der Waals surface area (Å²) in [4.78, 5) is 18.6. The van der Waals surface area contributed by atoms with E-state index in [9.17, 15) is 9.18 Å². The van der Waals surface area contributed by atoms with E-state index in [0.717, 1.165) is 33.3 Å². The molecule has 0 unspecified atom stereocenters. The minimum atomic E-state index is -0.288. The molecule has 0 spiro atoms. The molecule has 1 atom stereocenters. The molecule has 5 aromatic rings. The average Bonchev–Trinajstić information content (AvgIpc) is 3.40. The van der Waals surface area contributed by atoms with Crippen LogP contribution in [0.5, 0.6) is 5.75 Å². The van der Waals surface area contributed by atoms with Gasteiger partial charge in [0.2, 0.25) is 0 Å². The maximum Gasteiger partial charge on any atom is 0.252 e. The van der Waals surface area contributed by atoms with Crippen LogP contribution in [0.4, 0.5) is 4.39 Å². The predicted octanol–water partition coefficient (Wildman–Crippen LogP) is 5.48. The van der Waals surface area contributed by atoms with Gasteiger partial charge < -0.3 is 9.72 Å². The molecule has 8 nitrogen and oxygen atoms in total. The summed E-state index contributed by atoms with van der Waals surface area (Å²) in [6.07, 6.45) is 0.712. The Hall–Kier alpha value is -4.37. The Morgan fingerprint density at radius 3 is 2.38 bits per heavy atom. The fourth-order valence-electron chi connectivity index (χ4n) is 5.03. The number of ether oxygens (including phenoxy) is 1. The molecule has 0 amide bonds. The van der Waals surface area contributed by atoms with Gasteiger partial charge in [-0.1, -0.05) is 31.2 Å². The number of fused-ring (bicyclic) bond motifs is 1. The van der Waals surface area contributed by atoms with E-state index in [4.69, 9.17) is 4.74 Å². The minimum absolute atomic E-state index is 0.115. The van der Waals surface area contributed by atoms with Crippen LogP contribution in [0.25, 0.3) is 10.9 Å². The van der Waals surface area contributed by atoms with Crippen LogP contribution in [0.3, 0.4) is 0 Å². The molecule has 0 aliphatic heterocycles. The molecule has 9 heteroatoms. The summed E-state index contributed by atoms with van der Waals surface area (Å²) in [6.45, 7) is 7.57. The molecule has 0 aliphatic rings. The van der Waals surface area contributed by atoms with Crippen molar-refractivity contribution in [3.8, 4) is 5.75 Å². The molecule has 2 heterocycles. The lowest BCUT2D eigenvalue weighted by molar-refractivity contribution is 0.161.